The third-order valence-electron chi connectivity index (χ3n) is 4.27. The van der Waals surface area contributed by atoms with E-state index in [1.807, 2.05) is 6.92 Å². The molecule has 6 nitrogen and oxygen atoms in total. The number of fused-ring (bicyclic) bond motifs is 1. The molecule has 0 radical (unpaired) electrons. The summed E-state index contributed by atoms with van der Waals surface area (Å²) in [4.78, 5) is 22.3. The number of hydrogen-bond acceptors (Lipinski definition) is 7. The highest BCUT2D eigenvalue weighted by atomic mass is 32.2. The second-order valence-electron chi connectivity index (χ2n) is 6.35. The average Bonchev–Trinajstić information content (AvgIpc) is 2.74. The largest absolute Gasteiger partial charge is 0.384 e. The van der Waals surface area contributed by atoms with Crippen LogP contribution in [0, 0.1) is 18.3 Å². The van der Waals surface area contributed by atoms with Crippen LogP contribution in [-0.4, -0.2) is 21.1 Å². The van der Waals surface area contributed by atoms with Crippen LogP contribution in [0.5, 0.6) is 0 Å². The van der Waals surface area contributed by atoms with Crippen LogP contribution in [0.3, 0.4) is 0 Å². The maximum absolute atomic E-state index is 12.6. The number of nitrogen functional groups attached to an aromatic ring is 1. The number of rotatable bonds is 4. The first-order valence-electron chi connectivity index (χ1n) is 8.61. The summed E-state index contributed by atoms with van der Waals surface area (Å²) in [6, 6.07) is 3.98. The van der Waals surface area contributed by atoms with Crippen LogP contribution < -0.4 is 11.1 Å². The first kappa shape index (κ1) is 18.7. The molecule has 0 fully saturated rings. The van der Waals surface area contributed by atoms with Crippen LogP contribution in [0.2, 0.25) is 0 Å². The zero-order valence-corrected chi connectivity index (χ0v) is 16.5. The van der Waals surface area contributed by atoms with Gasteiger partial charge in [-0.2, -0.15) is 5.26 Å². The molecule has 26 heavy (non-hydrogen) atoms. The SMILES string of the molecule is Cc1cc(N)nc(S[C@H](C)C(=O)Nc2sc3c(c2C#N)CCCCC3)n1. The number of nitriles is 1. The Labute approximate surface area is 161 Å². The van der Waals surface area contributed by atoms with Crippen LogP contribution in [0.15, 0.2) is 11.2 Å². The third-order valence-corrected chi connectivity index (χ3v) is 6.44. The number of nitrogens with zero attached hydrogens (tertiary/aromatic N) is 3. The second kappa shape index (κ2) is 8.06. The molecule has 1 aliphatic rings. The van der Waals surface area contributed by atoms with Gasteiger partial charge < -0.3 is 11.1 Å². The minimum atomic E-state index is -0.398. The van der Waals surface area contributed by atoms with Crippen molar-refractivity contribution in [2.45, 2.75) is 56.4 Å². The Kier molecular flexibility index (Phi) is 5.79. The third kappa shape index (κ3) is 4.17. The highest BCUT2D eigenvalue weighted by molar-refractivity contribution is 8.00. The monoisotopic (exact) mass is 387 g/mol. The van der Waals surface area contributed by atoms with Gasteiger partial charge in [0.1, 0.15) is 16.9 Å². The number of thiophene rings is 1. The number of aryl methyl sites for hydroxylation is 2. The fourth-order valence-electron chi connectivity index (χ4n) is 2.99. The van der Waals surface area contributed by atoms with Crippen LogP contribution >= 0.6 is 23.1 Å². The fourth-order valence-corrected chi connectivity index (χ4v) is 5.07. The molecule has 3 N–H and O–H groups in total. The van der Waals surface area contributed by atoms with Crippen LogP contribution in [-0.2, 0) is 17.6 Å². The Morgan fingerprint density at radius 1 is 1.38 bits per heavy atom. The first-order chi connectivity index (χ1) is 12.5. The highest BCUT2D eigenvalue weighted by Crippen LogP contribution is 2.37. The normalized spacial score (nSPS) is 14.8. The zero-order valence-electron chi connectivity index (χ0n) is 14.8. The Bertz CT molecular complexity index is 851. The van der Waals surface area contributed by atoms with Gasteiger partial charge in [0.25, 0.3) is 0 Å². The van der Waals surface area contributed by atoms with Gasteiger partial charge in [-0.15, -0.1) is 11.3 Å². The van der Waals surface area contributed by atoms with Crippen molar-refractivity contribution in [1.82, 2.24) is 9.97 Å². The number of aromatic nitrogens is 2. The smallest absolute Gasteiger partial charge is 0.238 e. The van der Waals surface area contributed by atoms with E-state index >= 15 is 0 Å². The molecule has 2 heterocycles. The number of amides is 1. The van der Waals surface area contributed by atoms with Gasteiger partial charge in [-0.3, -0.25) is 4.79 Å². The van der Waals surface area contributed by atoms with Crippen molar-refractivity contribution >= 4 is 39.8 Å². The van der Waals surface area contributed by atoms with Gasteiger partial charge in [-0.25, -0.2) is 9.97 Å². The van der Waals surface area contributed by atoms with Crippen molar-refractivity contribution in [3.63, 3.8) is 0 Å². The molecule has 2 aromatic heterocycles. The van der Waals surface area contributed by atoms with E-state index in [1.54, 1.807) is 24.3 Å². The van der Waals surface area contributed by atoms with Gasteiger partial charge in [0.05, 0.1) is 10.8 Å². The molecule has 1 atom stereocenters. The number of nitrogens with two attached hydrogens (primary N) is 1. The van der Waals surface area contributed by atoms with Crippen LogP contribution in [0.1, 0.15) is 47.9 Å². The lowest BCUT2D eigenvalue weighted by Gasteiger charge is -2.11. The van der Waals surface area contributed by atoms with E-state index in [-0.39, 0.29) is 5.91 Å². The molecule has 0 aliphatic heterocycles. The molecule has 0 aromatic carbocycles. The lowest BCUT2D eigenvalue weighted by Crippen LogP contribution is -2.22. The maximum Gasteiger partial charge on any atom is 0.238 e. The molecule has 0 unspecified atom stereocenters. The Morgan fingerprint density at radius 3 is 2.88 bits per heavy atom. The van der Waals surface area contributed by atoms with E-state index in [0.29, 0.717) is 21.5 Å². The summed E-state index contributed by atoms with van der Waals surface area (Å²) >= 11 is 2.80. The summed E-state index contributed by atoms with van der Waals surface area (Å²) in [5.41, 5.74) is 8.27. The molecular weight excluding hydrogens is 366 g/mol. The number of nitrogens with one attached hydrogen (secondary N) is 1. The topological polar surface area (TPSA) is 105 Å². The van der Waals surface area contributed by atoms with Crippen LogP contribution in [0.25, 0.3) is 0 Å². The van der Waals surface area contributed by atoms with Gasteiger partial charge in [0, 0.05) is 16.6 Å². The number of hydrogen-bond donors (Lipinski definition) is 2. The molecular formula is C18H21N5OS2. The fraction of sp³-hybridized carbons (Fsp3) is 0.444. The minimum Gasteiger partial charge on any atom is -0.384 e. The molecule has 8 heteroatoms. The Hall–Kier alpha value is -2.11. The molecule has 136 valence electrons. The first-order valence-corrected chi connectivity index (χ1v) is 10.3. The quantitative estimate of drug-likeness (QED) is 0.471. The van der Waals surface area contributed by atoms with Gasteiger partial charge in [-0.05, 0) is 45.1 Å². The molecule has 0 saturated carbocycles. The number of thioether (sulfide) groups is 1. The molecule has 0 bridgehead atoms. The summed E-state index contributed by atoms with van der Waals surface area (Å²) in [6.07, 6.45) is 5.35. The van der Waals surface area contributed by atoms with Crippen molar-refractivity contribution in [3.05, 3.63) is 27.8 Å². The average molecular weight is 388 g/mol. The summed E-state index contributed by atoms with van der Waals surface area (Å²) in [6.45, 7) is 3.64. The van der Waals surface area contributed by atoms with E-state index in [2.05, 4.69) is 21.4 Å². The lowest BCUT2D eigenvalue weighted by atomic mass is 10.1. The van der Waals surface area contributed by atoms with Crippen LogP contribution in [0.4, 0.5) is 10.8 Å². The molecule has 1 aliphatic carbocycles. The van der Waals surface area contributed by atoms with Crippen molar-refractivity contribution < 1.29 is 4.79 Å². The van der Waals surface area contributed by atoms with Crippen molar-refractivity contribution in [2.24, 2.45) is 0 Å². The predicted molar refractivity (Wildman–Crippen MR) is 105 cm³/mol. The van der Waals surface area contributed by atoms with E-state index in [0.717, 1.165) is 36.9 Å². The zero-order chi connectivity index (χ0) is 18.7. The van der Waals surface area contributed by atoms with E-state index in [4.69, 9.17) is 5.73 Å². The standard InChI is InChI=1S/C18H21N5OS2/c1-10-8-15(20)22-18(21-10)25-11(2)16(24)23-17-13(9-19)12-6-4-3-5-7-14(12)26-17/h8,11H,3-7H2,1-2H3,(H,23,24)(H2,20,21,22)/t11-/m1/s1. The summed E-state index contributed by atoms with van der Waals surface area (Å²) < 4.78 is 0. The van der Waals surface area contributed by atoms with E-state index in [1.165, 1.54) is 23.1 Å². The molecule has 0 spiro atoms. The Balaban J connectivity index is 1.74. The van der Waals surface area contributed by atoms with Gasteiger partial charge >= 0.3 is 0 Å². The highest BCUT2D eigenvalue weighted by Gasteiger charge is 2.23. The molecule has 2 aromatic rings. The summed E-state index contributed by atoms with van der Waals surface area (Å²) in [5.74, 6) is 0.230. The van der Waals surface area contributed by atoms with Crippen molar-refractivity contribution in [1.29, 1.82) is 5.26 Å². The number of carbonyl (C=O) groups is 1. The van der Waals surface area contributed by atoms with Crippen molar-refractivity contribution in [3.8, 4) is 6.07 Å². The molecule has 1 amide bonds. The number of anilines is 2. The predicted octanol–water partition coefficient (Wildman–Crippen LogP) is 3.69. The van der Waals surface area contributed by atoms with E-state index in [9.17, 15) is 10.1 Å². The summed E-state index contributed by atoms with van der Waals surface area (Å²) in [5, 5.41) is 13.3. The van der Waals surface area contributed by atoms with Gasteiger partial charge in [0.2, 0.25) is 5.91 Å². The maximum atomic E-state index is 12.6. The number of carbonyl (C=O) groups excluding carboxylic acids is 1. The van der Waals surface area contributed by atoms with Crippen molar-refractivity contribution in [2.75, 3.05) is 11.1 Å². The lowest BCUT2D eigenvalue weighted by molar-refractivity contribution is -0.115. The second-order valence-corrected chi connectivity index (χ2v) is 8.76. The van der Waals surface area contributed by atoms with E-state index < -0.39 is 5.25 Å². The van der Waals surface area contributed by atoms with Gasteiger partial charge in [0.15, 0.2) is 5.16 Å². The summed E-state index contributed by atoms with van der Waals surface area (Å²) in [7, 11) is 0. The molecule has 0 saturated heterocycles. The molecule has 3 rings (SSSR count). The Morgan fingerprint density at radius 2 is 2.15 bits per heavy atom. The minimum absolute atomic E-state index is 0.161. The van der Waals surface area contributed by atoms with Gasteiger partial charge in [-0.1, -0.05) is 18.2 Å².